The van der Waals surface area contributed by atoms with E-state index in [0.29, 0.717) is 11.8 Å². The van der Waals surface area contributed by atoms with Crippen molar-refractivity contribution in [1.82, 2.24) is 5.32 Å². The van der Waals surface area contributed by atoms with Gasteiger partial charge in [0.15, 0.2) is 0 Å². The van der Waals surface area contributed by atoms with Crippen LogP contribution in [0.3, 0.4) is 0 Å². The second kappa shape index (κ2) is 13.0. The molecule has 0 radical (unpaired) electrons. The van der Waals surface area contributed by atoms with E-state index in [0.717, 1.165) is 37.9 Å². The summed E-state index contributed by atoms with van der Waals surface area (Å²) < 4.78 is 0. The van der Waals surface area contributed by atoms with Crippen LogP contribution in [0.5, 0.6) is 0 Å². The zero-order valence-corrected chi connectivity index (χ0v) is 17.4. The maximum Gasteiger partial charge on any atom is 0.0721 e. The highest BCUT2D eigenvalue weighted by atomic mass is 32.2. The van der Waals surface area contributed by atoms with Crippen LogP contribution in [0.1, 0.15) is 58.8 Å². The molecule has 0 aliphatic heterocycles. The van der Waals surface area contributed by atoms with E-state index in [1.165, 1.54) is 12.8 Å². The molecule has 0 aromatic carbocycles. The first-order chi connectivity index (χ1) is 12.1. The topological polar surface area (TPSA) is 52.5 Å². The summed E-state index contributed by atoms with van der Waals surface area (Å²) in [5.74, 6) is 2.60. The van der Waals surface area contributed by atoms with E-state index < -0.39 is 0 Å². The van der Waals surface area contributed by atoms with Gasteiger partial charge in [0.1, 0.15) is 0 Å². The molecule has 2 saturated carbocycles. The minimum atomic E-state index is -0.343. The molecule has 3 N–H and O–H groups in total. The smallest absolute Gasteiger partial charge is 0.0721 e. The van der Waals surface area contributed by atoms with Crippen molar-refractivity contribution in [3.63, 3.8) is 0 Å². The summed E-state index contributed by atoms with van der Waals surface area (Å²) in [6, 6.07) is 0. The third-order valence-electron chi connectivity index (χ3n) is 5.19. The average molecular weight is 370 g/mol. The van der Waals surface area contributed by atoms with Crippen LogP contribution in [-0.4, -0.2) is 42.3 Å². The fraction of sp³-hybridized carbons (Fsp3) is 0.810. The Bertz CT molecular complexity index is 411. The number of hydrogen-bond acceptors (Lipinski definition) is 4. The minimum absolute atomic E-state index is 0.213. The van der Waals surface area contributed by atoms with Gasteiger partial charge in [-0.25, -0.2) is 0 Å². The molecule has 146 valence electrons. The van der Waals surface area contributed by atoms with Crippen molar-refractivity contribution in [3.05, 3.63) is 23.1 Å². The zero-order chi connectivity index (χ0) is 18.7. The summed E-state index contributed by atoms with van der Waals surface area (Å²) in [5.41, 5.74) is 1.57. The lowest BCUT2D eigenvalue weighted by molar-refractivity contribution is 0.139. The number of aliphatic hydroxyl groups excluding tert-OH is 2. The Morgan fingerprint density at radius 3 is 2.60 bits per heavy atom. The van der Waals surface area contributed by atoms with Crippen LogP contribution < -0.4 is 5.32 Å². The van der Waals surface area contributed by atoms with Crippen LogP contribution in [0.25, 0.3) is 0 Å². The van der Waals surface area contributed by atoms with Crippen molar-refractivity contribution >= 4 is 11.8 Å². The Labute approximate surface area is 159 Å². The van der Waals surface area contributed by atoms with Crippen LogP contribution in [0.2, 0.25) is 0 Å². The third-order valence-corrected chi connectivity index (χ3v) is 6.02. The highest BCUT2D eigenvalue weighted by molar-refractivity contribution is 8.02. The lowest BCUT2D eigenvalue weighted by Gasteiger charge is -2.17. The van der Waals surface area contributed by atoms with Crippen LogP contribution in [-0.2, 0) is 0 Å². The Morgan fingerprint density at radius 2 is 1.96 bits per heavy atom. The van der Waals surface area contributed by atoms with Gasteiger partial charge in [0, 0.05) is 5.92 Å². The van der Waals surface area contributed by atoms with Gasteiger partial charge in [-0.1, -0.05) is 50.8 Å². The number of unbranched alkanes of at least 4 members (excludes halogenated alkanes) is 2. The number of hydrogen-bond donors (Lipinski definition) is 3. The molecule has 0 unspecified atom stereocenters. The molecule has 0 amide bonds. The molecule has 2 aliphatic carbocycles. The van der Waals surface area contributed by atoms with Gasteiger partial charge in [-0.15, -0.1) is 11.8 Å². The molecule has 3 nitrogen and oxygen atoms in total. The molecule has 0 heterocycles. The molecular formula is C21H39NO2S. The second-order valence-electron chi connectivity index (χ2n) is 7.39. The molecule has 2 fully saturated rings. The number of allylic oxidation sites excluding steroid dienone is 1. The molecular weight excluding hydrogens is 330 g/mol. The van der Waals surface area contributed by atoms with Crippen LogP contribution in [0.4, 0.5) is 0 Å². The van der Waals surface area contributed by atoms with Gasteiger partial charge in [0.2, 0.25) is 0 Å². The summed E-state index contributed by atoms with van der Waals surface area (Å²) in [4.78, 5) is 0. The van der Waals surface area contributed by atoms with Gasteiger partial charge in [-0.2, -0.15) is 0 Å². The van der Waals surface area contributed by atoms with E-state index >= 15 is 0 Å². The van der Waals surface area contributed by atoms with Crippen LogP contribution >= 0.6 is 11.8 Å². The maximum absolute atomic E-state index is 10.3. The fourth-order valence-corrected chi connectivity index (χ4v) is 4.62. The predicted octanol–water partition coefficient (Wildman–Crippen LogP) is 4.36. The standard InChI is InChI=1S/C19H32O2S.C2H7N/c1-3-5-6-7-16(20)8-9-17-18-11-14(13-22-4-2)10-15(18)12-19(17)21;1-3-2/h8-9,13,15-21H,3-7,10-12H2,1-2H3;3H,1-2H3/t15-,16-,17+,18-,19+;/m0./s1. The average Bonchev–Trinajstić information content (AvgIpc) is 3.08. The molecule has 25 heavy (non-hydrogen) atoms. The molecule has 4 heteroatoms. The summed E-state index contributed by atoms with van der Waals surface area (Å²) >= 11 is 1.89. The van der Waals surface area contributed by atoms with E-state index in [4.69, 9.17) is 0 Å². The zero-order valence-electron chi connectivity index (χ0n) is 16.6. The molecule has 0 spiro atoms. The highest BCUT2D eigenvalue weighted by Gasteiger charge is 2.44. The highest BCUT2D eigenvalue weighted by Crippen LogP contribution is 2.50. The normalized spacial score (nSPS) is 31.2. The molecule has 0 saturated heterocycles. The van der Waals surface area contributed by atoms with Gasteiger partial charge in [0.05, 0.1) is 12.2 Å². The van der Waals surface area contributed by atoms with Gasteiger partial charge >= 0.3 is 0 Å². The first-order valence-corrected chi connectivity index (χ1v) is 11.0. The molecule has 2 rings (SSSR count). The van der Waals surface area contributed by atoms with Gasteiger partial charge in [-0.05, 0) is 62.8 Å². The monoisotopic (exact) mass is 369 g/mol. The Morgan fingerprint density at radius 1 is 1.24 bits per heavy atom. The maximum atomic E-state index is 10.3. The van der Waals surface area contributed by atoms with E-state index in [9.17, 15) is 10.2 Å². The second-order valence-corrected chi connectivity index (χ2v) is 8.54. The van der Waals surface area contributed by atoms with E-state index in [1.54, 1.807) is 5.57 Å². The van der Waals surface area contributed by atoms with Crippen molar-refractivity contribution in [2.75, 3.05) is 19.8 Å². The quantitative estimate of drug-likeness (QED) is 0.439. The van der Waals surface area contributed by atoms with Crippen LogP contribution in [0.15, 0.2) is 23.1 Å². The number of nitrogens with one attached hydrogen (secondary N) is 1. The fourth-order valence-electron chi connectivity index (χ4n) is 4.03. The number of aliphatic hydroxyl groups is 2. The van der Waals surface area contributed by atoms with Crippen molar-refractivity contribution in [2.45, 2.75) is 71.0 Å². The Kier molecular flexibility index (Phi) is 11.8. The van der Waals surface area contributed by atoms with Crippen LogP contribution in [0, 0.1) is 17.8 Å². The molecule has 0 aromatic rings. The van der Waals surface area contributed by atoms with E-state index in [-0.39, 0.29) is 18.1 Å². The SMILES string of the molecule is CCCCC[C@H](O)C=C[C@@H]1[C@H]2CC(=CSCC)C[C@H]2C[C@H]1O.CNC. The number of thioether (sulfide) groups is 1. The van der Waals surface area contributed by atoms with Crippen molar-refractivity contribution in [3.8, 4) is 0 Å². The third kappa shape index (κ3) is 7.86. The minimum Gasteiger partial charge on any atom is -0.392 e. The first-order valence-electron chi connectivity index (χ1n) is 9.99. The van der Waals surface area contributed by atoms with Crippen molar-refractivity contribution in [2.24, 2.45) is 17.8 Å². The lowest BCUT2D eigenvalue weighted by atomic mass is 9.90. The summed E-state index contributed by atoms with van der Waals surface area (Å²) in [6.07, 6.45) is 11.0. The lowest BCUT2D eigenvalue weighted by Crippen LogP contribution is -2.17. The van der Waals surface area contributed by atoms with Gasteiger partial charge in [0.25, 0.3) is 0 Å². The van der Waals surface area contributed by atoms with Gasteiger partial charge < -0.3 is 15.5 Å². The van der Waals surface area contributed by atoms with E-state index in [1.807, 2.05) is 31.9 Å². The molecule has 2 aliphatic rings. The molecule has 0 aromatic heterocycles. The number of rotatable bonds is 8. The van der Waals surface area contributed by atoms with Crippen molar-refractivity contribution in [1.29, 1.82) is 0 Å². The summed E-state index contributed by atoms with van der Waals surface area (Å²) in [7, 11) is 3.75. The Hall–Kier alpha value is -0.290. The first kappa shape index (κ1) is 22.8. The molecule has 0 bridgehead atoms. The largest absolute Gasteiger partial charge is 0.392 e. The number of fused-ring (bicyclic) bond motifs is 1. The van der Waals surface area contributed by atoms with E-state index in [2.05, 4.69) is 30.6 Å². The predicted molar refractivity (Wildman–Crippen MR) is 111 cm³/mol. The van der Waals surface area contributed by atoms with Crippen molar-refractivity contribution < 1.29 is 10.2 Å². The Balaban J connectivity index is 0.000000970. The summed E-state index contributed by atoms with van der Waals surface area (Å²) in [6.45, 7) is 4.37. The summed E-state index contributed by atoms with van der Waals surface area (Å²) in [5, 5.41) is 25.5. The molecule has 5 atom stereocenters. The van der Waals surface area contributed by atoms with Gasteiger partial charge in [-0.3, -0.25) is 0 Å².